The molecule has 1 aromatic rings. The van der Waals surface area contributed by atoms with Crippen molar-refractivity contribution in [2.75, 3.05) is 11.9 Å². The van der Waals surface area contributed by atoms with Crippen molar-refractivity contribution in [3.05, 3.63) is 23.8 Å². The van der Waals surface area contributed by atoms with Gasteiger partial charge in [0.25, 0.3) is 0 Å². The first-order valence-corrected chi connectivity index (χ1v) is 5.52. The quantitative estimate of drug-likeness (QED) is 0.901. The number of rotatable bonds is 4. The Morgan fingerprint density at radius 3 is 2.50 bits per heavy atom. The number of ether oxygens (including phenoxy) is 1. The lowest BCUT2D eigenvalue weighted by Crippen LogP contribution is -2.13. The number of hydrogen-bond acceptors (Lipinski definition) is 2. The molecule has 1 aromatic carbocycles. The summed E-state index contributed by atoms with van der Waals surface area (Å²) in [5.74, 6) is -0.137. The van der Waals surface area contributed by atoms with Crippen LogP contribution in [0.5, 0.6) is 5.75 Å². The summed E-state index contributed by atoms with van der Waals surface area (Å²) >= 11 is 0. The second-order valence-corrected chi connectivity index (χ2v) is 3.54. The molecule has 6 heteroatoms. The van der Waals surface area contributed by atoms with Crippen molar-refractivity contribution in [1.29, 1.82) is 0 Å². The normalized spacial score (nSPS) is 11.2. The highest BCUT2D eigenvalue weighted by atomic mass is 19.4. The minimum absolute atomic E-state index is 0.0403. The zero-order valence-electron chi connectivity index (χ0n) is 10.1. The number of alkyl halides is 3. The highest BCUT2D eigenvalue weighted by Gasteiger charge is 2.31. The Bertz CT molecular complexity index is 430. The molecule has 0 heterocycles. The van der Waals surface area contributed by atoms with Gasteiger partial charge < -0.3 is 10.1 Å². The van der Waals surface area contributed by atoms with Crippen LogP contribution in [0.25, 0.3) is 0 Å². The van der Waals surface area contributed by atoms with E-state index in [0.717, 1.165) is 12.1 Å². The van der Waals surface area contributed by atoms with Crippen molar-refractivity contribution in [1.82, 2.24) is 0 Å². The number of amides is 1. The Kier molecular flexibility index (Phi) is 4.58. The zero-order valence-corrected chi connectivity index (χ0v) is 10.1. The van der Waals surface area contributed by atoms with Crippen molar-refractivity contribution in [2.45, 2.75) is 26.4 Å². The first-order valence-electron chi connectivity index (χ1n) is 5.52. The third kappa shape index (κ3) is 3.65. The van der Waals surface area contributed by atoms with E-state index in [1.54, 1.807) is 13.8 Å². The number of carbonyl (C=O) groups is 1. The maximum atomic E-state index is 12.6. The molecule has 0 aliphatic heterocycles. The lowest BCUT2D eigenvalue weighted by molar-refractivity contribution is -0.137. The van der Waals surface area contributed by atoms with E-state index in [-0.39, 0.29) is 23.8 Å². The maximum absolute atomic E-state index is 12.6. The fourth-order valence-electron chi connectivity index (χ4n) is 1.32. The lowest BCUT2D eigenvalue weighted by Gasteiger charge is -2.14. The summed E-state index contributed by atoms with van der Waals surface area (Å²) < 4.78 is 42.8. The van der Waals surface area contributed by atoms with E-state index in [4.69, 9.17) is 4.74 Å². The maximum Gasteiger partial charge on any atom is 0.416 e. The number of nitrogens with one attached hydrogen (secondary N) is 1. The Balaban J connectivity index is 3.11. The van der Waals surface area contributed by atoms with Crippen molar-refractivity contribution >= 4 is 11.6 Å². The molecule has 0 aromatic heterocycles. The van der Waals surface area contributed by atoms with Crippen LogP contribution in [0.15, 0.2) is 18.2 Å². The summed E-state index contributed by atoms with van der Waals surface area (Å²) in [5, 5.41) is 2.39. The molecule has 1 amide bonds. The van der Waals surface area contributed by atoms with Gasteiger partial charge in [-0.1, -0.05) is 6.92 Å². The summed E-state index contributed by atoms with van der Waals surface area (Å²) in [4.78, 5) is 11.3. The number of hydrogen-bond donors (Lipinski definition) is 1. The van der Waals surface area contributed by atoms with Gasteiger partial charge in [0, 0.05) is 6.42 Å². The summed E-state index contributed by atoms with van der Waals surface area (Å²) in [6.07, 6.45) is -4.27. The second-order valence-electron chi connectivity index (χ2n) is 3.54. The summed E-state index contributed by atoms with van der Waals surface area (Å²) in [7, 11) is 0. The first-order chi connectivity index (χ1) is 8.38. The molecule has 0 spiro atoms. The van der Waals surface area contributed by atoms with E-state index in [2.05, 4.69) is 5.32 Å². The SMILES string of the molecule is CCOc1ccc(C(F)(F)F)cc1NC(=O)CC. The van der Waals surface area contributed by atoms with Gasteiger partial charge in [0.1, 0.15) is 5.75 Å². The number of halogens is 3. The standard InChI is InChI=1S/C12H14F3NO2/c1-3-11(17)16-9-7-8(12(13,14)15)5-6-10(9)18-4-2/h5-7H,3-4H2,1-2H3,(H,16,17). The van der Waals surface area contributed by atoms with Gasteiger partial charge >= 0.3 is 6.18 Å². The van der Waals surface area contributed by atoms with E-state index < -0.39 is 11.7 Å². The number of carbonyl (C=O) groups excluding carboxylic acids is 1. The minimum Gasteiger partial charge on any atom is -0.492 e. The molecule has 1 N–H and O–H groups in total. The lowest BCUT2D eigenvalue weighted by atomic mass is 10.1. The molecule has 0 fully saturated rings. The van der Waals surface area contributed by atoms with Gasteiger partial charge in [0.05, 0.1) is 17.9 Å². The minimum atomic E-state index is -4.45. The third-order valence-electron chi connectivity index (χ3n) is 2.20. The molecule has 0 bridgehead atoms. The van der Waals surface area contributed by atoms with Gasteiger partial charge in [-0.3, -0.25) is 4.79 Å². The molecule has 0 saturated carbocycles. The fourth-order valence-corrected chi connectivity index (χ4v) is 1.32. The molecule has 0 saturated heterocycles. The number of anilines is 1. The summed E-state index contributed by atoms with van der Waals surface area (Å²) in [5.41, 5.74) is -0.782. The van der Waals surface area contributed by atoms with Gasteiger partial charge in [-0.25, -0.2) is 0 Å². The Hall–Kier alpha value is -1.72. The van der Waals surface area contributed by atoms with Crippen molar-refractivity contribution in [2.24, 2.45) is 0 Å². The van der Waals surface area contributed by atoms with Crippen LogP contribution in [0, 0.1) is 0 Å². The Morgan fingerprint density at radius 2 is 2.00 bits per heavy atom. The molecule has 0 radical (unpaired) electrons. The van der Waals surface area contributed by atoms with E-state index >= 15 is 0 Å². The average Bonchev–Trinajstić information content (AvgIpc) is 2.30. The first kappa shape index (κ1) is 14.3. The van der Waals surface area contributed by atoms with E-state index in [1.165, 1.54) is 6.07 Å². The molecule has 100 valence electrons. The monoisotopic (exact) mass is 261 g/mol. The van der Waals surface area contributed by atoms with Crippen LogP contribution in [0.3, 0.4) is 0 Å². The van der Waals surface area contributed by atoms with Crippen LogP contribution in [-0.2, 0) is 11.0 Å². The van der Waals surface area contributed by atoms with Gasteiger partial charge in [0.15, 0.2) is 0 Å². The van der Waals surface area contributed by atoms with Crippen molar-refractivity contribution in [3.8, 4) is 5.75 Å². The topological polar surface area (TPSA) is 38.3 Å². The van der Waals surface area contributed by atoms with Crippen LogP contribution >= 0.6 is 0 Å². The zero-order chi connectivity index (χ0) is 13.8. The molecular weight excluding hydrogens is 247 g/mol. The molecule has 3 nitrogen and oxygen atoms in total. The van der Waals surface area contributed by atoms with Crippen LogP contribution in [0.1, 0.15) is 25.8 Å². The molecule has 1 rings (SSSR count). The molecule has 0 atom stereocenters. The van der Waals surface area contributed by atoms with Crippen LogP contribution < -0.4 is 10.1 Å². The molecular formula is C12H14F3NO2. The molecule has 0 unspecified atom stereocenters. The van der Waals surface area contributed by atoms with Crippen molar-refractivity contribution < 1.29 is 22.7 Å². The van der Waals surface area contributed by atoms with Crippen LogP contribution in [-0.4, -0.2) is 12.5 Å². The van der Waals surface area contributed by atoms with E-state index in [1.807, 2.05) is 0 Å². The Labute approximate surface area is 103 Å². The van der Waals surface area contributed by atoms with E-state index in [9.17, 15) is 18.0 Å². The highest BCUT2D eigenvalue weighted by Crippen LogP contribution is 2.35. The van der Waals surface area contributed by atoms with Gasteiger partial charge in [-0.2, -0.15) is 13.2 Å². The van der Waals surface area contributed by atoms with Crippen LogP contribution in [0.4, 0.5) is 18.9 Å². The smallest absolute Gasteiger partial charge is 0.416 e. The van der Waals surface area contributed by atoms with Gasteiger partial charge in [-0.15, -0.1) is 0 Å². The average molecular weight is 261 g/mol. The predicted octanol–water partition coefficient (Wildman–Crippen LogP) is 3.45. The predicted molar refractivity (Wildman–Crippen MR) is 61.5 cm³/mol. The summed E-state index contributed by atoms with van der Waals surface area (Å²) in [6.45, 7) is 3.63. The fraction of sp³-hybridized carbons (Fsp3) is 0.417. The summed E-state index contributed by atoms with van der Waals surface area (Å²) in [6, 6.07) is 3.00. The molecule has 0 aliphatic carbocycles. The largest absolute Gasteiger partial charge is 0.492 e. The Morgan fingerprint density at radius 1 is 1.33 bits per heavy atom. The number of benzene rings is 1. The highest BCUT2D eigenvalue weighted by molar-refractivity contribution is 5.92. The molecule has 0 aliphatic rings. The van der Waals surface area contributed by atoms with Gasteiger partial charge in [0.2, 0.25) is 5.91 Å². The van der Waals surface area contributed by atoms with Crippen molar-refractivity contribution in [3.63, 3.8) is 0 Å². The van der Waals surface area contributed by atoms with Crippen LogP contribution in [0.2, 0.25) is 0 Å². The second kappa shape index (κ2) is 5.75. The van der Waals surface area contributed by atoms with E-state index in [0.29, 0.717) is 6.61 Å². The van der Waals surface area contributed by atoms with Gasteiger partial charge in [-0.05, 0) is 25.1 Å². The molecule has 18 heavy (non-hydrogen) atoms. The third-order valence-corrected chi connectivity index (χ3v) is 2.20.